The van der Waals surface area contributed by atoms with Crippen molar-refractivity contribution in [1.29, 1.82) is 0 Å². The number of Topliss-reactive ketones (excluding diaryl/α,β-unsaturated/α-hetero) is 1. The zero-order valence-corrected chi connectivity index (χ0v) is 17.5. The SMILES string of the molecule is CC1/C=C(Cc2cc(C3CC(O)CC(CO)O3)ccc2Cl)\C=C/COCCC1=O. The lowest BCUT2D eigenvalue weighted by atomic mass is 9.92. The highest BCUT2D eigenvalue weighted by atomic mass is 35.5. The van der Waals surface area contributed by atoms with Crippen LogP contribution in [0.5, 0.6) is 0 Å². The molecule has 158 valence electrons. The van der Waals surface area contributed by atoms with Gasteiger partial charge in [-0.05, 0) is 29.2 Å². The van der Waals surface area contributed by atoms with E-state index in [0.29, 0.717) is 43.9 Å². The number of halogens is 1. The van der Waals surface area contributed by atoms with Gasteiger partial charge in [0.1, 0.15) is 5.78 Å². The first-order chi connectivity index (χ1) is 14.0. The first-order valence-corrected chi connectivity index (χ1v) is 10.5. The Morgan fingerprint density at radius 1 is 1.28 bits per heavy atom. The van der Waals surface area contributed by atoms with Crippen LogP contribution in [0.15, 0.2) is 42.0 Å². The van der Waals surface area contributed by atoms with Gasteiger partial charge in [0, 0.05) is 30.2 Å². The maximum atomic E-state index is 12.2. The predicted octanol–water partition coefficient (Wildman–Crippen LogP) is 3.56. The van der Waals surface area contributed by atoms with Crippen LogP contribution in [0.2, 0.25) is 5.02 Å². The molecule has 2 N–H and O–H groups in total. The topological polar surface area (TPSA) is 76.0 Å². The van der Waals surface area contributed by atoms with Crippen molar-refractivity contribution < 1.29 is 24.5 Å². The smallest absolute Gasteiger partial charge is 0.141 e. The summed E-state index contributed by atoms with van der Waals surface area (Å²) in [7, 11) is 0. The Morgan fingerprint density at radius 2 is 2.10 bits per heavy atom. The maximum absolute atomic E-state index is 12.2. The van der Waals surface area contributed by atoms with E-state index in [9.17, 15) is 15.0 Å². The summed E-state index contributed by atoms with van der Waals surface area (Å²) in [5.74, 6) is -0.0160. The molecule has 2 aliphatic heterocycles. The highest BCUT2D eigenvalue weighted by Gasteiger charge is 2.29. The third kappa shape index (κ3) is 6.24. The first kappa shape index (κ1) is 22.2. The second-order valence-corrected chi connectivity index (χ2v) is 8.21. The minimum Gasteiger partial charge on any atom is -0.394 e. The lowest BCUT2D eigenvalue weighted by molar-refractivity contribution is -0.122. The number of benzene rings is 1. The molecule has 4 atom stereocenters. The molecule has 1 aromatic carbocycles. The number of ether oxygens (including phenoxy) is 2. The van der Waals surface area contributed by atoms with Crippen molar-refractivity contribution in [1.82, 2.24) is 0 Å². The number of hydrogen-bond acceptors (Lipinski definition) is 5. The minimum absolute atomic E-state index is 0.111. The number of carbonyl (C=O) groups excluding carboxylic acids is 1. The number of carbonyl (C=O) groups is 1. The van der Waals surface area contributed by atoms with Crippen molar-refractivity contribution in [3.63, 3.8) is 0 Å². The predicted molar refractivity (Wildman–Crippen MR) is 112 cm³/mol. The number of aliphatic hydroxyl groups excluding tert-OH is 2. The number of ketones is 1. The van der Waals surface area contributed by atoms with E-state index in [1.165, 1.54) is 0 Å². The molecule has 0 aliphatic carbocycles. The molecule has 0 radical (unpaired) electrons. The molecule has 0 saturated carbocycles. The van der Waals surface area contributed by atoms with Gasteiger partial charge in [0.05, 0.1) is 38.1 Å². The fraction of sp³-hybridized carbons (Fsp3) is 0.522. The number of rotatable bonds is 4. The average Bonchev–Trinajstić information content (AvgIpc) is 2.70. The molecule has 29 heavy (non-hydrogen) atoms. The molecule has 0 amide bonds. The van der Waals surface area contributed by atoms with Crippen molar-refractivity contribution in [2.24, 2.45) is 5.92 Å². The lowest BCUT2D eigenvalue weighted by Gasteiger charge is -2.32. The van der Waals surface area contributed by atoms with Gasteiger partial charge < -0.3 is 19.7 Å². The second kappa shape index (κ2) is 10.5. The zero-order valence-electron chi connectivity index (χ0n) is 16.7. The molecule has 4 unspecified atom stereocenters. The molecule has 2 aliphatic rings. The van der Waals surface area contributed by atoms with Gasteiger partial charge in [0.15, 0.2) is 0 Å². The van der Waals surface area contributed by atoms with Crippen LogP contribution in [0.4, 0.5) is 0 Å². The Labute approximate surface area is 177 Å². The zero-order chi connectivity index (χ0) is 20.8. The Bertz CT molecular complexity index is 773. The van der Waals surface area contributed by atoms with Gasteiger partial charge in [0.25, 0.3) is 0 Å². The van der Waals surface area contributed by atoms with E-state index < -0.39 is 6.10 Å². The van der Waals surface area contributed by atoms with Crippen LogP contribution in [0, 0.1) is 5.92 Å². The van der Waals surface area contributed by atoms with Crippen LogP contribution >= 0.6 is 11.6 Å². The summed E-state index contributed by atoms with van der Waals surface area (Å²) < 4.78 is 11.4. The van der Waals surface area contributed by atoms with Crippen LogP contribution in [0.25, 0.3) is 0 Å². The molecule has 3 rings (SSSR count). The molecular formula is C23H29ClO5. The molecule has 6 heteroatoms. The molecule has 2 heterocycles. The van der Waals surface area contributed by atoms with Crippen molar-refractivity contribution in [3.8, 4) is 0 Å². The second-order valence-electron chi connectivity index (χ2n) is 7.81. The van der Waals surface area contributed by atoms with Gasteiger partial charge in [-0.3, -0.25) is 4.79 Å². The Morgan fingerprint density at radius 3 is 2.90 bits per heavy atom. The van der Waals surface area contributed by atoms with E-state index >= 15 is 0 Å². The third-order valence-corrected chi connectivity index (χ3v) is 5.80. The molecule has 0 aromatic heterocycles. The number of hydrogen-bond donors (Lipinski definition) is 2. The van der Waals surface area contributed by atoms with E-state index in [1.54, 1.807) is 0 Å². The molecule has 5 nitrogen and oxygen atoms in total. The summed E-state index contributed by atoms with van der Waals surface area (Å²) in [6, 6.07) is 5.74. The molecule has 1 saturated heterocycles. The van der Waals surface area contributed by atoms with Crippen LogP contribution in [-0.4, -0.2) is 48.0 Å². The quantitative estimate of drug-likeness (QED) is 0.778. The number of aliphatic hydroxyl groups is 2. The maximum Gasteiger partial charge on any atom is 0.141 e. The van der Waals surface area contributed by atoms with Gasteiger partial charge in [-0.2, -0.15) is 0 Å². The molecule has 1 aromatic rings. The average molecular weight is 421 g/mol. The summed E-state index contributed by atoms with van der Waals surface area (Å²) >= 11 is 6.46. The van der Waals surface area contributed by atoms with Crippen LogP contribution in [-0.2, 0) is 20.7 Å². The van der Waals surface area contributed by atoms with Crippen LogP contribution in [0.1, 0.15) is 43.4 Å². The van der Waals surface area contributed by atoms with Gasteiger partial charge >= 0.3 is 0 Å². The van der Waals surface area contributed by atoms with E-state index in [0.717, 1.165) is 16.7 Å². The number of allylic oxidation sites excluding steroid dienone is 3. The van der Waals surface area contributed by atoms with Crippen LogP contribution < -0.4 is 0 Å². The summed E-state index contributed by atoms with van der Waals surface area (Å²) in [6.07, 6.45) is 6.73. The fourth-order valence-electron chi connectivity index (χ4n) is 3.81. The summed E-state index contributed by atoms with van der Waals surface area (Å²) in [5, 5.41) is 20.2. The van der Waals surface area contributed by atoms with Crippen LogP contribution in [0.3, 0.4) is 0 Å². The summed E-state index contributed by atoms with van der Waals surface area (Å²) in [4.78, 5) is 12.2. The van der Waals surface area contributed by atoms with Gasteiger partial charge in [-0.15, -0.1) is 0 Å². The molecule has 0 bridgehead atoms. The highest BCUT2D eigenvalue weighted by molar-refractivity contribution is 6.31. The van der Waals surface area contributed by atoms with Crippen molar-refractivity contribution >= 4 is 17.4 Å². The van der Waals surface area contributed by atoms with Gasteiger partial charge in [-0.25, -0.2) is 0 Å². The van der Waals surface area contributed by atoms with Crippen molar-refractivity contribution in [2.45, 2.75) is 50.9 Å². The highest BCUT2D eigenvalue weighted by Crippen LogP contribution is 2.34. The van der Waals surface area contributed by atoms with E-state index in [4.69, 9.17) is 21.1 Å². The third-order valence-electron chi connectivity index (χ3n) is 5.43. The largest absolute Gasteiger partial charge is 0.394 e. The monoisotopic (exact) mass is 420 g/mol. The minimum atomic E-state index is -0.499. The molecule has 0 spiro atoms. The Hall–Kier alpha value is -1.50. The normalized spacial score (nSPS) is 31.7. The van der Waals surface area contributed by atoms with Crippen molar-refractivity contribution in [3.05, 3.63) is 58.1 Å². The van der Waals surface area contributed by atoms with Gasteiger partial charge in [-0.1, -0.05) is 48.9 Å². The van der Waals surface area contributed by atoms with Gasteiger partial charge in [0.2, 0.25) is 0 Å². The summed E-state index contributed by atoms with van der Waals surface area (Å²) in [5.41, 5.74) is 2.87. The lowest BCUT2D eigenvalue weighted by Crippen LogP contribution is -2.33. The Balaban J connectivity index is 1.82. The first-order valence-electron chi connectivity index (χ1n) is 10.2. The van der Waals surface area contributed by atoms with E-state index in [-0.39, 0.29) is 30.5 Å². The summed E-state index contributed by atoms with van der Waals surface area (Å²) in [6.45, 7) is 2.72. The standard InChI is InChI=1S/C23H29ClO5/c1-15-9-16(3-2-7-28-8-6-22(15)27)10-18-11-17(4-5-21(18)24)23-13-19(26)12-20(14-25)29-23/h2-5,9,11,15,19-20,23,25-26H,6-8,10,12-14H2,1H3/b3-2-,16-9+. The fourth-order valence-corrected chi connectivity index (χ4v) is 4.00. The van der Waals surface area contributed by atoms with E-state index in [2.05, 4.69) is 0 Å². The Kier molecular flexibility index (Phi) is 8.04. The van der Waals surface area contributed by atoms with Crippen molar-refractivity contribution in [2.75, 3.05) is 19.8 Å². The molecule has 1 fully saturated rings. The van der Waals surface area contributed by atoms with E-state index in [1.807, 2.05) is 43.4 Å². The molecular weight excluding hydrogens is 392 g/mol.